The average Bonchev–Trinajstić information content (AvgIpc) is 3.32. The van der Waals surface area contributed by atoms with Crippen LogP contribution < -0.4 is 16.4 Å². The molecule has 5 nitrogen and oxygen atoms in total. The van der Waals surface area contributed by atoms with E-state index < -0.39 is 0 Å². The molecule has 2 amide bonds. The number of thiophene rings is 1. The molecule has 2 aliphatic rings. The van der Waals surface area contributed by atoms with Gasteiger partial charge in [0.1, 0.15) is 0 Å². The number of benzene rings is 2. The summed E-state index contributed by atoms with van der Waals surface area (Å²) in [6, 6.07) is 15.4. The lowest BCUT2D eigenvalue weighted by Crippen LogP contribution is -2.38. The van der Waals surface area contributed by atoms with E-state index in [1.165, 1.54) is 56.3 Å². The summed E-state index contributed by atoms with van der Waals surface area (Å²) in [5, 5.41) is 7.53. The fraction of sp³-hybridized carbons (Fsp3) is 0.448. The monoisotopic (exact) mass is 523 g/mol. The van der Waals surface area contributed by atoms with Crippen molar-refractivity contribution in [1.29, 1.82) is 0 Å². The number of amides is 2. The third kappa shape index (κ3) is 6.10. The van der Waals surface area contributed by atoms with Gasteiger partial charge >= 0.3 is 0 Å². The van der Waals surface area contributed by atoms with Crippen LogP contribution in [0.4, 0.5) is 5.69 Å². The Bertz CT molecular complexity index is 1190. The number of nitrogens with two attached hydrogens (primary N) is 1. The largest absolute Gasteiger partial charge is 0.349 e. The standard InChI is InChI=1S/C29H34ClN3O2S/c30-24-14-9-21(16-25(24)33-29(35)27-17-20-3-1-2-4-26(20)36-27)28(34)32-23-12-7-19(8-13-23)15-18-5-10-22(31)11-6-18/h1-4,9,14,16-19,22-23H,5-8,10-13,15,31H2,(H,32,34)(H,33,35). The van der Waals surface area contributed by atoms with Crippen LogP contribution in [0, 0.1) is 11.8 Å². The molecule has 0 atom stereocenters. The molecule has 1 aromatic heterocycles. The summed E-state index contributed by atoms with van der Waals surface area (Å²) in [7, 11) is 0. The SMILES string of the molecule is NC1CCC(CC2CCC(NC(=O)c3ccc(Cl)c(NC(=O)c4cc5ccccc5s4)c3)CC2)CC1. The van der Waals surface area contributed by atoms with E-state index in [0.29, 0.717) is 27.2 Å². The first kappa shape index (κ1) is 25.2. The Labute approximate surface area is 221 Å². The van der Waals surface area contributed by atoms with Crippen LogP contribution in [-0.2, 0) is 0 Å². The summed E-state index contributed by atoms with van der Waals surface area (Å²) < 4.78 is 1.06. The first-order valence-electron chi connectivity index (χ1n) is 13.1. The molecule has 0 unspecified atom stereocenters. The van der Waals surface area contributed by atoms with Crippen LogP contribution in [-0.4, -0.2) is 23.9 Å². The van der Waals surface area contributed by atoms with Crippen LogP contribution in [0.15, 0.2) is 48.5 Å². The molecule has 0 radical (unpaired) electrons. The van der Waals surface area contributed by atoms with Crippen LogP contribution in [0.3, 0.4) is 0 Å². The number of anilines is 1. The van der Waals surface area contributed by atoms with Crippen LogP contribution in [0.2, 0.25) is 5.02 Å². The molecule has 5 rings (SSSR count). The van der Waals surface area contributed by atoms with Gasteiger partial charge in [0.15, 0.2) is 0 Å². The molecule has 0 saturated heterocycles. The molecule has 2 saturated carbocycles. The second kappa shape index (κ2) is 11.3. The molecule has 0 spiro atoms. The summed E-state index contributed by atoms with van der Waals surface area (Å²) in [6.45, 7) is 0. The van der Waals surface area contributed by atoms with Gasteiger partial charge in [0.25, 0.3) is 11.8 Å². The van der Waals surface area contributed by atoms with Gasteiger partial charge in [-0.15, -0.1) is 11.3 Å². The van der Waals surface area contributed by atoms with E-state index in [-0.39, 0.29) is 17.9 Å². The van der Waals surface area contributed by atoms with Crippen LogP contribution in [0.5, 0.6) is 0 Å². The highest BCUT2D eigenvalue weighted by atomic mass is 35.5. The van der Waals surface area contributed by atoms with Crippen molar-refractivity contribution in [2.45, 2.75) is 69.9 Å². The Morgan fingerprint density at radius 1 is 0.889 bits per heavy atom. The highest BCUT2D eigenvalue weighted by molar-refractivity contribution is 7.20. The zero-order valence-electron chi connectivity index (χ0n) is 20.5. The maximum Gasteiger partial charge on any atom is 0.265 e. The Hall–Kier alpha value is -2.41. The molecular formula is C29H34ClN3O2S. The minimum absolute atomic E-state index is 0.117. The zero-order valence-corrected chi connectivity index (χ0v) is 22.0. The van der Waals surface area contributed by atoms with Gasteiger partial charge in [-0.25, -0.2) is 0 Å². The lowest BCUT2D eigenvalue weighted by Gasteiger charge is -2.33. The van der Waals surface area contributed by atoms with Gasteiger partial charge in [-0.1, -0.05) is 29.8 Å². The number of halogens is 1. The highest BCUT2D eigenvalue weighted by Gasteiger charge is 2.27. The van der Waals surface area contributed by atoms with Gasteiger partial charge in [0.05, 0.1) is 15.6 Å². The molecule has 3 aromatic rings. The molecule has 0 aliphatic heterocycles. The van der Waals surface area contributed by atoms with E-state index in [4.69, 9.17) is 17.3 Å². The molecule has 190 valence electrons. The number of fused-ring (bicyclic) bond motifs is 1. The second-order valence-electron chi connectivity index (χ2n) is 10.5. The van der Waals surface area contributed by atoms with E-state index in [1.54, 1.807) is 18.2 Å². The van der Waals surface area contributed by atoms with E-state index in [0.717, 1.165) is 34.8 Å². The maximum atomic E-state index is 13.0. The van der Waals surface area contributed by atoms with Gasteiger partial charge in [-0.05, 0) is 105 Å². The average molecular weight is 524 g/mol. The smallest absolute Gasteiger partial charge is 0.265 e. The lowest BCUT2D eigenvalue weighted by molar-refractivity contribution is 0.0917. The molecule has 2 aromatic carbocycles. The summed E-state index contributed by atoms with van der Waals surface area (Å²) in [4.78, 5) is 26.5. The van der Waals surface area contributed by atoms with Crippen LogP contribution in [0.25, 0.3) is 10.1 Å². The Morgan fingerprint density at radius 2 is 1.58 bits per heavy atom. The number of carbonyl (C=O) groups excluding carboxylic acids is 2. The number of rotatable bonds is 6. The molecule has 2 fully saturated rings. The number of nitrogens with one attached hydrogen (secondary N) is 2. The van der Waals surface area contributed by atoms with Crippen molar-refractivity contribution in [2.75, 3.05) is 5.32 Å². The lowest BCUT2D eigenvalue weighted by atomic mass is 9.76. The second-order valence-corrected chi connectivity index (χ2v) is 12.0. The van der Waals surface area contributed by atoms with Crippen LogP contribution in [0.1, 0.15) is 77.8 Å². The van der Waals surface area contributed by atoms with Gasteiger partial charge in [-0.3, -0.25) is 9.59 Å². The van der Waals surface area contributed by atoms with E-state index in [9.17, 15) is 9.59 Å². The van der Waals surface area contributed by atoms with Gasteiger partial charge in [0, 0.05) is 22.3 Å². The van der Waals surface area contributed by atoms with Gasteiger partial charge < -0.3 is 16.4 Å². The predicted molar refractivity (Wildman–Crippen MR) is 149 cm³/mol. The van der Waals surface area contributed by atoms with Gasteiger partial charge in [0.2, 0.25) is 0 Å². The molecule has 1 heterocycles. The van der Waals surface area contributed by atoms with Crippen LogP contribution >= 0.6 is 22.9 Å². The Morgan fingerprint density at radius 3 is 2.31 bits per heavy atom. The summed E-state index contributed by atoms with van der Waals surface area (Å²) >= 11 is 7.79. The fourth-order valence-electron chi connectivity index (χ4n) is 5.75. The molecule has 7 heteroatoms. The fourth-order valence-corrected chi connectivity index (χ4v) is 6.87. The van der Waals surface area contributed by atoms with E-state index >= 15 is 0 Å². The third-order valence-electron chi connectivity index (χ3n) is 7.87. The summed E-state index contributed by atoms with van der Waals surface area (Å²) in [5.74, 6) is 1.25. The quantitative estimate of drug-likeness (QED) is 0.325. The normalized spacial score (nSPS) is 24.4. The maximum absolute atomic E-state index is 13.0. The van der Waals surface area contributed by atoms with Gasteiger partial charge in [-0.2, -0.15) is 0 Å². The Balaban J connectivity index is 1.15. The summed E-state index contributed by atoms with van der Waals surface area (Å²) in [6.07, 6.45) is 10.6. The zero-order chi connectivity index (χ0) is 25.1. The van der Waals surface area contributed by atoms with Crippen molar-refractivity contribution in [3.8, 4) is 0 Å². The van der Waals surface area contributed by atoms with Crippen molar-refractivity contribution in [2.24, 2.45) is 17.6 Å². The molecule has 0 bridgehead atoms. The third-order valence-corrected chi connectivity index (χ3v) is 9.31. The minimum atomic E-state index is -0.228. The first-order valence-corrected chi connectivity index (χ1v) is 14.3. The Kier molecular flexibility index (Phi) is 7.94. The predicted octanol–water partition coefficient (Wildman–Crippen LogP) is 7.00. The molecule has 4 N–H and O–H groups in total. The number of hydrogen-bond donors (Lipinski definition) is 3. The van der Waals surface area contributed by atoms with Crippen molar-refractivity contribution in [3.05, 3.63) is 64.0 Å². The van der Waals surface area contributed by atoms with E-state index in [2.05, 4.69) is 10.6 Å². The molecule has 2 aliphatic carbocycles. The topological polar surface area (TPSA) is 84.2 Å². The molecule has 36 heavy (non-hydrogen) atoms. The minimum Gasteiger partial charge on any atom is -0.349 e. The number of carbonyl (C=O) groups is 2. The molecular weight excluding hydrogens is 490 g/mol. The van der Waals surface area contributed by atoms with Crippen molar-refractivity contribution in [1.82, 2.24) is 5.32 Å². The van der Waals surface area contributed by atoms with Crippen molar-refractivity contribution in [3.63, 3.8) is 0 Å². The highest BCUT2D eigenvalue weighted by Crippen LogP contribution is 2.35. The van der Waals surface area contributed by atoms with Crippen molar-refractivity contribution < 1.29 is 9.59 Å². The first-order chi connectivity index (χ1) is 17.4. The van der Waals surface area contributed by atoms with E-state index in [1.807, 2.05) is 30.3 Å². The number of hydrogen-bond acceptors (Lipinski definition) is 4. The summed E-state index contributed by atoms with van der Waals surface area (Å²) in [5.41, 5.74) is 7.01. The van der Waals surface area contributed by atoms with Crippen molar-refractivity contribution >= 4 is 50.5 Å².